The smallest absolute Gasteiger partial charge is 0.147 e. The van der Waals surface area contributed by atoms with E-state index < -0.39 is 11.2 Å². The Kier molecular flexibility index (Phi) is 5.32. The highest BCUT2D eigenvalue weighted by molar-refractivity contribution is 5.22. The molecule has 0 heterocycles. The highest BCUT2D eigenvalue weighted by Crippen LogP contribution is 2.73. The minimum Gasteiger partial charge on any atom is -0.389 e. The van der Waals surface area contributed by atoms with Crippen molar-refractivity contribution >= 4 is 0 Å². The second kappa shape index (κ2) is 6.72. The van der Waals surface area contributed by atoms with Crippen LogP contribution in [0.4, 0.5) is 0 Å². The predicted octanol–water partition coefficient (Wildman–Crippen LogP) is 4.42. The van der Waals surface area contributed by atoms with E-state index in [0.29, 0.717) is 12.7 Å². The molecule has 2 atom stereocenters. The minimum absolute atomic E-state index is 0.151. The zero-order valence-corrected chi connectivity index (χ0v) is 17.6. The minimum atomic E-state index is -0.679. The molecule has 4 bridgehead atoms. The largest absolute Gasteiger partial charge is 0.389 e. The van der Waals surface area contributed by atoms with Crippen LogP contribution in [0.2, 0.25) is 0 Å². The Labute approximate surface area is 159 Å². The van der Waals surface area contributed by atoms with E-state index in [9.17, 15) is 10.2 Å². The molecule has 4 aliphatic carbocycles. The lowest BCUT2D eigenvalue weighted by Crippen LogP contribution is -2.71. The van der Waals surface area contributed by atoms with Gasteiger partial charge in [-0.1, -0.05) is 27.7 Å². The first-order chi connectivity index (χ1) is 12.2. The topological polar surface area (TPSA) is 58.9 Å². The van der Waals surface area contributed by atoms with Crippen molar-refractivity contribution in [1.29, 1.82) is 0 Å². The Balaban J connectivity index is 2.10. The van der Waals surface area contributed by atoms with E-state index in [1.54, 1.807) is 7.11 Å². The molecular weight excluding hydrogens is 328 g/mol. The van der Waals surface area contributed by atoms with Crippen molar-refractivity contribution in [3.05, 3.63) is 0 Å². The highest BCUT2D eigenvalue weighted by atomic mass is 16.7. The summed E-state index contributed by atoms with van der Waals surface area (Å²) < 4.78 is 11.6. The molecule has 152 valence electrons. The van der Waals surface area contributed by atoms with E-state index in [4.69, 9.17) is 9.47 Å². The van der Waals surface area contributed by atoms with E-state index in [-0.39, 0.29) is 16.4 Å². The van der Waals surface area contributed by atoms with Crippen molar-refractivity contribution in [2.75, 3.05) is 13.9 Å². The monoisotopic (exact) mass is 368 g/mol. The van der Waals surface area contributed by atoms with Crippen LogP contribution in [0.5, 0.6) is 0 Å². The molecule has 4 aliphatic rings. The summed E-state index contributed by atoms with van der Waals surface area (Å²) >= 11 is 0. The van der Waals surface area contributed by atoms with Crippen LogP contribution in [0.3, 0.4) is 0 Å². The van der Waals surface area contributed by atoms with E-state index in [2.05, 4.69) is 27.7 Å². The van der Waals surface area contributed by atoms with Gasteiger partial charge in [0, 0.05) is 17.9 Å². The standard InChI is InChI=1S/C22H40O4/c1-6-21(23,7-2)18-10-17-11-19(13-18,22(24,8-3)9-4)15-20(12-17,14-18)26-16-25-5/h17,23-24H,6-16H2,1-5H3. The van der Waals surface area contributed by atoms with Gasteiger partial charge < -0.3 is 19.7 Å². The van der Waals surface area contributed by atoms with Crippen molar-refractivity contribution in [1.82, 2.24) is 0 Å². The normalized spacial score (nSPS) is 39.6. The average molecular weight is 369 g/mol. The van der Waals surface area contributed by atoms with E-state index in [0.717, 1.165) is 64.2 Å². The molecule has 0 aliphatic heterocycles. The number of rotatable bonds is 9. The van der Waals surface area contributed by atoms with Gasteiger partial charge in [-0.25, -0.2) is 0 Å². The lowest BCUT2D eigenvalue weighted by molar-refractivity contribution is -0.314. The fourth-order valence-electron chi connectivity index (χ4n) is 7.73. The van der Waals surface area contributed by atoms with Crippen LogP contribution < -0.4 is 0 Å². The molecule has 2 unspecified atom stereocenters. The molecule has 0 radical (unpaired) electrons. The summed E-state index contributed by atoms with van der Waals surface area (Å²) in [4.78, 5) is 0. The molecule has 0 amide bonds. The number of methoxy groups -OCH3 is 1. The average Bonchev–Trinajstić information content (AvgIpc) is 2.63. The molecular formula is C22H40O4. The number of hydrogen-bond donors (Lipinski definition) is 2. The first kappa shape index (κ1) is 20.6. The van der Waals surface area contributed by atoms with Gasteiger partial charge in [-0.2, -0.15) is 0 Å². The summed E-state index contributed by atoms with van der Waals surface area (Å²) in [7, 11) is 1.68. The Morgan fingerprint density at radius 1 is 0.808 bits per heavy atom. The second-order valence-electron chi connectivity index (χ2n) is 9.78. The molecule has 0 spiro atoms. The van der Waals surface area contributed by atoms with Gasteiger partial charge >= 0.3 is 0 Å². The zero-order chi connectivity index (χ0) is 19.3. The molecule has 0 saturated heterocycles. The maximum absolute atomic E-state index is 11.7. The zero-order valence-electron chi connectivity index (χ0n) is 17.6. The Bertz CT molecular complexity index is 474. The van der Waals surface area contributed by atoms with Crippen LogP contribution in [0.15, 0.2) is 0 Å². The quantitative estimate of drug-likeness (QED) is 0.592. The van der Waals surface area contributed by atoms with Crippen molar-refractivity contribution < 1.29 is 19.7 Å². The molecule has 0 aromatic rings. The van der Waals surface area contributed by atoms with Crippen LogP contribution in [0.1, 0.15) is 91.9 Å². The number of ether oxygens (including phenoxy) is 2. The van der Waals surface area contributed by atoms with E-state index in [1.165, 1.54) is 0 Å². The number of hydrogen-bond acceptors (Lipinski definition) is 4. The van der Waals surface area contributed by atoms with Gasteiger partial charge in [0.1, 0.15) is 6.79 Å². The number of aliphatic hydroxyl groups is 2. The van der Waals surface area contributed by atoms with Crippen LogP contribution in [-0.2, 0) is 9.47 Å². The molecule has 4 rings (SSSR count). The summed E-state index contributed by atoms with van der Waals surface area (Å²) in [6, 6.07) is 0. The molecule has 4 saturated carbocycles. The van der Waals surface area contributed by atoms with Gasteiger partial charge in [-0.05, 0) is 70.1 Å². The Hall–Kier alpha value is -0.160. The van der Waals surface area contributed by atoms with Crippen molar-refractivity contribution in [2.24, 2.45) is 16.7 Å². The van der Waals surface area contributed by atoms with E-state index in [1.807, 2.05) is 0 Å². The molecule has 2 N–H and O–H groups in total. The van der Waals surface area contributed by atoms with Gasteiger partial charge in [-0.15, -0.1) is 0 Å². The molecule has 4 heteroatoms. The second-order valence-corrected chi connectivity index (χ2v) is 9.78. The first-order valence-corrected chi connectivity index (χ1v) is 10.8. The lowest BCUT2D eigenvalue weighted by Gasteiger charge is -2.72. The molecule has 4 fully saturated rings. The SMILES string of the molecule is CCC(O)(CC)C12CC3CC(OCOC)(C1)CC(C(O)(CC)CC)(C3)C2. The van der Waals surface area contributed by atoms with Gasteiger partial charge in [0.2, 0.25) is 0 Å². The van der Waals surface area contributed by atoms with Crippen LogP contribution in [-0.4, -0.2) is 40.9 Å². The summed E-state index contributed by atoms with van der Waals surface area (Å²) in [6.45, 7) is 8.76. The van der Waals surface area contributed by atoms with E-state index >= 15 is 0 Å². The Morgan fingerprint density at radius 3 is 1.65 bits per heavy atom. The van der Waals surface area contributed by atoms with Gasteiger partial charge in [-0.3, -0.25) is 0 Å². The lowest BCUT2D eigenvalue weighted by atomic mass is 9.36. The van der Waals surface area contributed by atoms with Gasteiger partial charge in [0.15, 0.2) is 0 Å². The molecule has 0 aromatic heterocycles. The molecule has 26 heavy (non-hydrogen) atoms. The highest BCUT2D eigenvalue weighted by Gasteiger charge is 2.71. The van der Waals surface area contributed by atoms with Crippen molar-refractivity contribution in [2.45, 2.75) is 109 Å². The summed E-state index contributed by atoms with van der Waals surface area (Å²) in [6.07, 6.45) is 9.02. The fourth-order valence-corrected chi connectivity index (χ4v) is 7.73. The third-order valence-corrected chi connectivity index (χ3v) is 8.81. The van der Waals surface area contributed by atoms with Crippen molar-refractivity contribution in [3.8, 4) is 0 Å². The third kappa shape index (κ3) is 2.70. The summed E-state index contributed by atoms with van der Waals surface area (Å²) in [5.74, 6) is 0.525. The van der Waals surface area contributed by atoms with Crippen LogP contribution in [0, 0.1) is 16.7 Å². The first-order valence-electron chi connectivity index (χ1n) is 10.8. The van der Waals surface area contributed by atoms with Gasteiger partial charge in [0.05, 0.1) is 16.8 Å². The van der Waals surface area contributed by atoms with Crippen molar-refractivity contribution in [3.63, 3.8) is 0 Å². The maximum Gasteiger partial charge on any atom is 0.147 e. The van der Waals surface area contributed by atoms with Crippen LogP contribution in [0.25, 0.3) is 0 Å². The van der Waals surface area contributed by atoms with Crippen LogP contribution >= 0.6 is 0 Å². The predicted molar refractivity (Wildman–Crippen MR) is 103 cm³/mol. The molecule has 0 aromatic carbocycles. The maximum atomic E-state index is 11.7. The summed E-state index contributed by atoms with van der Waals surface area (Å²) in [5, 5.41) is 23.4. The third-order valence-electron chi connectivity index (χ3n) is 8.81. The van der Waals surface area contributed by atoms with Gasteiger partial charge in [0.25, 0.3) is 0 Å². The summed E-state index contributed by atoms with van der Waals surface area (Å²) in [5.41, 5.74) is -1.92. The molecule has 4 nitrogen and oxygen atoms in total. The Morgan fingerprint density at radius 2 is 1.27 bits per heavy atom. The fraction of sp³-hybridized carbons (Fsp3) is 1.00.